The molecule has 0 aromatic heterocycles. The van der Waals surface area contributed by atoms with E-state index in [9.17, 15) is 4.79 Å². The van der Waals surface area contributed by atoms with Gasteiger partial charge in [-0.25, -0.2) is 0 Å². The van der Waals surface area contributed by atoms with Crippen LogP contribution in [0.25, 0.3) is 0 Å². The Morgan fingerprint density at radius 3 is 2.47 bits per heavy atom. The summed E-state index contributed by atoms with van der Waals surface area (Å²) in [7, 11) is 1.63. The zero-order valence-corrected chi connectivity index (χ0v) is 12.2. The smallest absolute Gasteiger partial charge is 0.234 e. The summed E-state index contributed by atoms with van der Waals surface area (Å²) < 4.78 is 4.98. The van der Waals surface area contributed by atoms with Crippen molar-refractivity contribution < 1.29 is 9.53 Å². The molecule has 0 fully saturated rings. The van der Waals surface area contributed by atoms with E-state index in [0.717, 1.165) is 0 Å². The third kappa shape index (κ3) is 5.85. The number of methoxy groups -OCH3 is 1. The normalized spacial score (nSPS) is 13.9. The van der Waals surface area contributed by atoms with Crippen molar-refractivity contribution in [3.63, 3.8) is 0 Å². The molecular formula is C15H24N2O2. The number of hydrogen-bond acceptors (Lipinski definition) is 3. The lowest BCUT2D eigenvalue weighted by atomic mass is 10.1. The molecule has 1 aromatic carbocycles. The lowest BCUT2D eigenvalue weighted by molar-refractivity contribution is -0.121. The van der Waals surface area contributed by atoms with Gasteiger partial charge < -0.3 is 15.4 Å². The number of aryl methyl sites for hydroxylation is 1. The van der Waals surface area contributed by atoms with Gasteiger partial charge in [0.15, 0.2) is 0 Å². The zero-order valence-electron chi connectivity index (χ0n) is 12.2. The van der Waals surface area contributed by atoms with Gasteiger partial charge in [-0.15, -0.1) is 0 Å². The first-order valence-corrected chi connectivity index (χ1v) is 6.61. The fourth-order valence-electron chi connectivity index (χ4n) is 1.84. The van der Waals surface area contributed by atoms with E-state index in [4.69, 9.17) is 4.74 Å². The summed E-state index contributed by atoms with van der Waals surface area (Å²) in [4.78, 5) is 11.7. The number of amides is 1. The average molecular weight is 264 g/mol. The van der Waals surface area contributed by atoms with Crippen molar-refractivity contribution in [1.29, 1.82) is 0 Å². The lowest BCUT2D eigenvalue weighted by Crippen LogP contribution is -2.41. The molecule has 4 heteroatoms. The summed E-state index contributed by atoms with van der Waals surface area (Å²) in [5, 5.41) is 6.08. The Hall–Kier alpha value is -1.39. The second kappa shape index (κ2) is 7.92. The Morgan fingerprint density at radius 1 is 1.26 bits per heavy atom. The zero-order chi connectivity index (χ0) is 14.3. The van der Waals surface area contributed by atoms with E-state index in [0.29, 0.717) is 13.2 Å². The summed E-state index contributed by atoms with van der Waals surface area (Å²) in [5.41, 5.74) is 2.42. The van der Waals surface area contributed by atoms with Crippen LogP contribution in [0.3, 0.4) is 0 Å². The highest BCUT2D eigenvalue weighted by atomic mass is 16.5. The molecule has 1 aromatic rings. The van der Waals surface area contributed by atoms with Crippen LogP contribution in [0.5, 0.6) is 0 Å². The minimum Gasteiger partial charge on any atom is -0.383 e. The fourth-order valence-corrected chi connectivity index (χ4v) is 1.84. The molecule has 0 radical (unpaired) electrons. The molecule has 0 bridgehead atoms. The molecule has 1 unspecified atom stereocenters. The molecule has 2 atom stereocenters. The maximum absolute atomic E-state index is 11.7. The van der Waals surface area contributed by atoms with Crippen LogP contribution in [0.1, 0.15) is 31.0 Å². The summed E-state index contributed by atoms with van der Waals surface area (Å²) >= 11 is 0. The largest absolute Gasteiger partial charge is 0.383 e. The Morgan fingerprint density at radius 2 is 1.89 bits per heavy atom. The predicted octanol–water partition coefficient (Wildman–Crippen LogP) is 1.80. The van der Waals surface area contributed by atoms with E-state index >= 15 is 0 Å². The van der Waals surface area contributed by atoms with Crippen molar-refractivity contribution in [3.8, 4) is 0 Å². The summed E-state index contributed by atoms with van der Waals surface area (Å²) in [6.07, 6.45) is 0. The molecule has 4 nitrogen and oxygen atoms in total. The topological polar surface area (TPSA) is 50.4 Å². The Balaban J connectivity index is 2.35. The number of rotatable bonds is 7. The third-order valence-corrected chi connectivity index (χ3v) is 2.97. The molecule has 0 heterocycles. The minimum absolute atomic E-state index is 0.0106. The van der Waals surface area contributed by atoms with Crippen molar-refractivity contribution in [2.24, 2.45) is 0 Å². The summed E-state index contributed by atoms with van der Waals surface area (Å²) in [6.45, 7) is 6.87. The molecule has 0 spiro atoms. The molecule has 1 amide bonds. The van der Waals surface area contributed by atoms with Crippen LogP contribution in [0.2, 0.25) is 0 Å². The second-order valence-corrected chi connectivity index (χ2v) is 4.94. The van der Waals surface area contributed by atoms with E-state index in [1.807, 2.05) is 6.92 Å². The van der Waals surface area contributed by atoms with Gasteiger partial charge in [0.1, 0.15) is 0 Å². The lowest BCUT2D eigenvalue weighted by Gasteiger charge is -2.16. The molecule has 106 valence electrons. The average Bonchev–Trinajstić information content (AvgIpc) is 2.37. The molecule has 19 heavy (non-hydrogen) atoms. The third-order valence-electron chi connectivity index (χ3n) is 2.97. The fraction of sp³-hybridized carbons (Fsp3) is 0.533. The van der Waals surface area contributed by atoms with Gasteiger partial charge in [0.05, 0.1) is 13.2 Å². The van der Waals surface area contributed by atoms with Gasteiger partial charge in [0.2, 0.25) is 5.91 Å². The summed E-state index contributed by atoms with van der Waals surface area (Å²) in [6, 6.07) is 8.51. The summed E-state index contributed by atoms with van der Waals surface area (Å²) in [5.74, 6) is -0.0106. The van der Waals surface area contributed by atoms with Crippen LogP contribution in [0, 0.1) is 6.92 Å². The van der Waals surface area contributed by atoms with Gasteiger partial charge in [-0.05, 0) is 26.3 Å². The van der Waals surface area contributed by atoms with Crippen molar-refractivity contribution in [1.82, 2.24) is 10.6 Å². The number of ether oxygens (including phenoxy) is 1. The first-order valence-electron chi connectivity index (χ1n) is 6.61. The Labute approximate surface area is 115 Å². The van der Waals surface area contributed by atoms with E-state index < -0.39 is 0 Å². The number of carbonyl (C=O) groups excluding carboxylic acids is 1. The van der Waals surface area contributed by atoms with Gasteiger partial charge in [-0.2, -0.15) is 0 Å². The number of nitrogens with one attached hydrogen (secondary N) is 2. The Kier molecular flexibility index (Phi) is 6.53. The highest BCUT2D eigenvalue weighted by molar-refractivity contribution is 5.78. The van der Waals surface area contributed by atoms with E-state index in [1.165, 1.54) is 11.1 Å². The molecule has 0 saturated carbocycles. The molecule has 0 aliphatic rings. The number of benzene rings is 1. The molecule has 0 saturated heterocycles. The van der Waals surface area contributed by atoms with Gasteiger partial charge >= 0.3 is 0 Å². The standard InChI is InChI=1S/C15H24N2O2/c1-11-5-7-14(8-6-11)13(3)16-9-15(18)17-12(2)10-19-4/h5-8,12-13,16H,9-10H2,1-4H3,(H,17,18)/t12?,13-/m1/s1. The van der Waals surface area contributed by atoms with Crippen LogP contribution >= 0.6 is 0 Å². The van der Waals surface area contributed by atoms with Crippen LogP contribution in [-0.4, -0.2) is 32.2 Å². The second-order valence-electron chi connectivity index (χ2n) is 4.94. The van der Waals surface area contributed by atoms with Gasteiger partial charge in [-0.3, -0.25) is 4.79 Å². The van der Waals surface area contributed by atoms with Crippen molar-refractivity contribution >= 4 is 5.91 Å². The SMILES string of the molecule is COCC(C)NC(=O)CN[C@H](C)c1ccc(C)cc1. The van der Waals surface area contributed by atoms with E-state index in [2.05, 4.69) is 48.7 Å². The molecule has 0 aliphatic heterocycles. The maximum Gasteiger partial charge on any atom is 0.234 e. The van der Waals surface area contributed by atoms with E-state index in [1.54, 1.807) is 7.11 Å². The van der Waals surface area contributed by atoms with Crippen LogP contribution in [0.4, 0.5) is 0 Å². The first kappa shape index (κ1) is 15.7. The van der Waals surface area contributed by atoms with Gasteiger partial charge in [0.25, 0.3) is 0 Å². The molecule has 2 N–H and O–H groups in total. The predicted molar refractivity (Wildman–Crippen MR) is 77.1 cm³/mol. The molecule has 1 rings (SSSR count). The number of hydrogen-bond donors (Lipinski definition) is 2. The minimum atomic E-state index is -0.0106. The molecule has 0 aliphatic carbocycles. The highest BCUT2D eigenvalue weighted by Gasteiger charge is 2.09. The van der Waals surface area contributed by atoms with Crippen LogP contribution in [0.15, 0.2) is 24.3 Å². The van der Waals surface area contributed by atoms with Gasteiger partial charge in [0, 0.05) is 19.2 Å². The van der Waals surface area contributed by atoms with Crippen molar-refractivity contribution in [2.45, 2.75) is 32.9 Å². The first-order chi connectivity index (χ1) is 9.02. The van der Waals surface area contributed by atoms with Gasteiger partial charge in [-0.1, -0.05) is 29.8 Å². The highest BCUT2D eigenvalue weighted by Crippen LogP contribution is 2.12. The van der Waals surface area contributed by atoms with Crippen LogP contribution in [-0.2, 0) is 9.53 Å². The molecular weight excluding hydrogens is 240 g/mol. The van der Waals surface area contributed by atoms with Crippen molar-refractivity contribution in [2.75, 3.05) is 20.3 Å². The monoisotopic (exact) mass is 264 g/mol. The quantitative estimate of drug-likeness (QED) is 0.789. The van der Waals surface area contributed by atoms with E-state index in [-0.39, 0.29) is 18.0 Å². The van der Waals surface area contributed by atoms with Crippen LogP contribution < -0.4 is 10.6 Å². The number of carbonyl (C=O) groups is 1. The Bertz CT molecular complexity index is 390. The van der Waals surface area contributed by atoms with Crippen molar-refractivity contribution in [3.05, 3.63) is 35.4 Å². The maximum atomic E-state index is 11.7.